The first-order valence-corrected chi connectivity index (χ1v) is 2.69. The molecule has 1 rings (SSSR count). The summed E-state index contributed by atoms with van der Waals surface area (Å²) in [5.41, 5.74) is 0. The third-order valence-corrected chi connectivity index (χ3v) is 0.880. The lowest BCUT2D eigenvalue weighted by Gasteiger charge is -1.92. The molecule has 1 heterocycles. The first-order valence-electron chi connectivity index (χ1n) is 2.69. The van der Waals surface area contributed by atoms with E-state index in [9.17, 15) is 4.79 Å². The van der Waals surface area contributed by atoms with E-state index in [-0.39, 0.29) is 0 Å². The van der Waals surface area contributed by atoms with Crippen molar-refractivity contribution < 1.29 is 13.9 Å². The Kier molecular flexibility index (Phi) is 1.89. The van der Waals surface area contributed by atoms with Crippen LogP contribution in [0.3, 0.4) is 0 Å². The van der Waals surface area contributed by atoms with Gasteiger partial charge in [0.2, 0.25) is 0 Å². The molecule has 0 saturated heterocycles. The highest BCUT2D eigenvalue weighted by atomic mass is 16.5. The van der Waals surface area contributed by atoms with E-state index in [4.69, 9.17) is 0 Å². The highest BCUT2D eigenvalue weighted by Crippen LogP contribution is 2.09. The van der Waals surface area contributed by atoms with E-state index in [0.29, 0.717) is 5.75 Å². The van der Waals surface area contributed by atoms with E-state index >= 15 is 0 Å². The fraction of sp³-hybridized carbons (Fsp3) is 0. The van der Waals surface area contributed by atoms with Crippen LogP contribution in [0.25, 0.3) is 0 Å². The fourth-order valence-electron chi connectivity index (χ4n) is 0.468. The predicted octanol–water partition coefficient (Wildman–Crippen LogP) is 1.37. The topological polar surface area (TPSA) is 39.4 Å². The SMILES string of the molecule is C=CC(=O)Oc1ccoc1. The summed E-state index contributed by atoms with van der Waals surface area (Å²) < 4.78 is 9.30. The summed E-state index contributed by atoms with van der Waals surface area (Å²) in [6.07, 6.45) is 3.85. The van der Waals surface area contributed by atoms with Gasteiger partial charge in [-0.05, 0) is 0 Å². The van der Waals surface area contributed by atoms with Crippen molar-refractivity contribution in [3.63, 3.8) is 0 Å². The van der Waals surface area contributed by atoms with Crippen molar-refractivity contribution in [1.29, 1.82) is 0 Å². The maximum Gasteiger partial charge on any atom is 0.335 e. The molecule has 0 aromatic carbocycles. The number of furan rings is 1. The van der Waals surface area contributed by atoms with Crippen LogP contribution in [-0.2, 0) is 4.79 Å². The van der Waals surface area contributed by atoms with Crippen LogP contribution in [-0.4, -0.2) is 5.97 Å². The zero-order valence-corrected chi connectivity index (χ0v) is 5.24. The second-order valence-corrected chi connectivity index (χ2v) is 1.58. The number of carbonyl (C=O) groups excluding carboxylic acids is 1. The normalized spacial score (nSPS) is 8.80. The van der Waals surface area contributed by atoms with Crippen molar-refractivity contribution in [3.05, 3.63) is 31.2 Å². The molecule has 0 saturated carbocycles. The molecule has 3 nitrogen and oxygen atoms in total. The first-order chi connectivity index (χ1) is 4.83. The van der Waals surface area contributed by atoms with E-state index in [0.717, 1.165) is 6.08 Å². The van der Waals surface area contributed by atoms with Crippen LogP contribution < -0.4 is 4.74 Å². The van der Waals surface area contributed by atoms with Gasteiger partial charge in [-0.2, -0.15) is 0 Å². The van der Waals surface area contributed by atoms with Gasteiger partial charge in [-0.1, -0.05) is 6.58 Å². The van der Waals surface area contributed by atoms with Crippen molar-refractivity contribution in [1.82, 2.24) is 0 Å². The molecule has 52 valence electrons. The van der Waals surface area contributed by atoms with Gasteiger partial charge >= 0.3 is 5.97 Å². The minimum absolute atomic E-state index is 0.393. The Morgan fingerprint density at radius 1 is 1.80 bits per heavy atom. The lowest BCUT2D eigenvalue weighted by molar-refractivity contribution is -0.128. The molecule has 0 aliphatic heterocycles. The minimum Gasteiger partial charge on any atom is -0.469 e. The van der Waals surface area contributed by atoms with E-state index in [1.807, 2.05) is 0 Å². The van der Waals surface area contributed by atoms with Gasteiger partial charge < -0.3 is 9.15 Å². The van der Waals surface area contributed by atoms with E-state index < -0.39 is 5.97 Å². The maximum absolute atomic E-state index is 10.5. The van der Waals surface area contributed by atoms with Gasteiger partial charge in [0.1, 0.15) is 6.26 Å². The Morgan fingerprint density at radius 3 is 3.10 bits per heavy atom. The maximum atomic E-state index is 10.5. The third-order valence-electron chi connectivity index (χ3n) is 0.880. The highest BCUT2D eigenvalue weighted by molar-refractivity contribution is 5.83. The molecular formula is C7H6O3. The van der Waals surface area contributed by atoms with Crippen molar-refractivity contribution in [3.8, 4) is 5.75 Å². The quantitative estimate of drug-likeness (QED) is 0.457. The largest absolute Gasteiger partial charge is 0.469 e. The lowest BCUT2D eigenvalue weighted by Crippen LogP contribution is -2.01. The number of esters is 1. The third kappa shape index (κ3) is 1.48. The Balaban J connectivity index is 2.56. The number of hydrogen-bond donors (Lipinski definition) is 0. The average molecular weight is 138 g/mol. The lowest BCUT2D eigenvalue weighted by atomic mass is 10.6. The monoisotopic (exact) mass is 138 g/mol. The Hall–Kier alpha value is -1.51. The minimum atomic E-state index is -0.485. The standard InChI is InChI=1S/C7H6O3/c1-2-7(8)10-6-3-4-9-5-6/h2-5H,1H2. The molecule has 0 N–H and O–H groups in total. The molecule has 0 atom stereocenters. The van der Waals surface area contributed by atoms with Gasteiger partial charge in [0, 0.05) is 12.1 Å². The zero-order valence-electron chi connectivity index (χ0n) is 5.24. The van der Waals surface area contributed by atoms with Gasteiger partial charge in [0.25, 0.3) is 0 Å². The van der Waals surface area contributed by atoms with Crippen LogP contribution >= 0.6 is 0 Å². The van der Waals surface area contributed by atoms with Crippen LogP contribution in [0.1, 0.15) is 0 Å². The Labute approximate surface area is 57.9 Å². The first kappa shape index (κ1) is 6.61. The Bertz CT molecular complexity index is 223. The van der Waals surface area contributed by atoms with Crippen molar-refractivity contribution in [2.24, 2.45) is 0 Å². The van der Waals surface area contributed by atoms with Crippen LogP contribution in [0.2, 0.25) is 0 Å². The van der Waals surface area contributed by atoms with Gasteiger partial charge in [0.05, 0.1) is 6.26 Å². The molecule has 1 aromatic rings. The molecular weight excluding hydrogens is 132 g/mol. The van der Waals surface area contributed by atoms with Crippen LogP contribution in [0.4, 0.5) is 0 Å². The molecule has 0 bridgehead atoms. The van der Waals surface area contributed by atoms with Gasteiger partial charge in [-0.25, -0.2) is 4.79 Å². The smallest absolute Gasteiger partial charge is 0.335 e. The van der Waals surface area contributed by atoms with Crippen LogP contribution in [0.5, 0.6) is 5.75 Å². The number of hydrogen-bond acceptors (Lipinski definition) is 3. The van der Waals surface area contributed by atoms with Gasteiger partial charge in [0.15, 0.2) is 5.75 Å². The van der Waals surface area contributed by atoms with Crippen molar-refractivity contribution >= 4 is 5.97 Å². The average Bonchev–Trinajstić information content (AvgIpc) is 2.40. The van der Waals surface area contributed by atoms with Gasteiger partial charge in [-0.3, -0.25) is 0 Å². The fourth-order valence-corrected chi connectivity index (χ4v) is 0.468. The number of carbonyl (C=O) groups is 1. The van der Waals surface area contributed by atoms with Crippen molar-refractivity contribution in [2.75, 3.05) is 0 Å². The molecule has 3 heteroatoms. The summed E-state index contributed by atoms with van der Waals surface area (Å²) in [6, 6.07) is 1.54. The molecule has 0 aliphatic rings. The number of rotatable bonds is 2. The van der Waals surface area contributed by atoms with Crippen LogP contribution in [0, 0.1) is 0 Å². The molecule has 0 spiro atoms. The highest BCUT2D eigenvalue weighted by Gasteiger charge is 1.98. The molecule has 0 fully saturated rings. The molecule has 10 heavy (non-hydrogen) atoms. The summed E-state index contributed by atoms with van der Waals surface area (Å²) in [5, 5.41) is 0. The summed E-state index contributed by atoms with van der Waals surface area (Å²) in [5.74, 6) is -0.0914. The summed E-state index contributed by atoms with van der Waals surface area (Å²) in [7, 11) is 0. The summed E-state index contributed by atoms with van der Waals surface area (Å²) in [6.45, 7) is 3.24. The zero-order chi connectivity index (χ0) is 7.40. The van der Waals surface area contributed by atoms with Gasteiger partial charge in [-0.15, -0.1) is 0 Å². The molecule has 0 unspecified atom stereocenters. The van der Waals surface area contributed by atoms with E-state index in [2.05, 4.69) is 15.7 Å². The second-order valence-electron chi connectivity index (χ2n) is 1.58. The van der Waals surface area contributed by atoms with E-state index in [1.165, 1.54) is 12.5 Å². The molecule has 0 aliphatic carbocycles. The molecule has 0 amide bonds. The van der Waals surface area contributed by atoms with E-state index in [1.54, 1.807) is 6.07 Å². The predicted molar refractivity (Wildman–Crippen MR) is 34.5 cm³/mol. The van der Waals surface area contributed by atoms with Crippen molar-refractivity contribution in [2.45, 2.75) is 0 Å². The van der Waals surface area contributed by atoms with Crippen LogP contribution in [0.15, 0.2) is 35.7 Å². The summed E-state index contributed by atoms with van der Waals surface area (Å²) in [4.78, 5) is 10.5. The number of ether oxygens (including phenoxy) is 1. The molecule has 0 radical (unpaired) electrons. The molecule has 1 aromatic heterocycles. The summed E-state index contributed by atoms with van der Waals surface area (Å²) >= 11 is 0. The second kappa shape index (κ2) is 2.87. The Morgan fingerprint density at radius 2 is 2.60 bits per heavy atom.